The van der Waals surface area contributed by atoms with Gasteiger partial charge in [0.05, 0.1) is 12.9 Å². The first-order valence-electron chi connectivity index (χ1n) is 6.51. The number of nitrogens with one attached hydrogen (secondary N) is 1. The van der Waals surface area contributed by atoms with Crippen molar-refractivity contribution in [2.45, 2.75) is 11.8 Å². The van der Waals surface area contributed by atoms with Crippen molar-refractivity contribution in [2.24, 2.45) is 0 Å². The molecule has 0 heterocycles. The van der Waals surface area contributed by atoms with E-state index in [0.29, 0.717) is 11.4 Å². The van der Waals surface area contributed by atoms with Crippen LogP contribution in [-0.2, 0) is 4.79 Å². The molecular weight excluding hydrogens is 284 g/mol. The molecule has 2 rings (SSSR count). The molecule has 0 bridgehead atoms. The lowest BCUT2D eigenvalue weighted by Crippen LogP contribution is -2.14. The largest absolute Gasteiger partial charge is 0.497 e. The lowest BCUT2D eigenvalue weighted by molar-refractivity contribution is -0.113. The van der Waals surface area contributed by atoms with E-state index in [4.69, 9.17) is 10.5 Å². The minimum atomic E-state index is -0.0457. The van der Waals surface area contributed by atoms with Gasteiger partial charge in [-0.15, -0.1) is 11.8 Å². The number of hydrogen-bond acceptors (Lipinski definition) is 4. The third kappa shape index (κ3) is 4.43. The Hall–Kier alpha value is -2.14. The Labute approximate surface area is 128 Å². The standard InChI is InChI=1S/C16H18N2O2S/c1-11-8-12(17)6-7-15(11)18-16(19)10-21-14-5-3-4-13(9-14)20-2/h3-9H,10,17H2,1-2H3,(H,18,19). The molecule has 0 atom stereocenters. The Morgan fingerprint density at radius 3 is 2.81 bits per heavy atom. The Balaban J connectivity index is 1.92. The van der Waals surface area contributed by atoms with Crippen molar-refractivity contribution < 1.29 is 9.53 Å². The Morgan fingerprint density at radius 2 is 2.10 bits per heavy atom. The number of aryl methyl sites for hydroxylation is 1. The SMILES string of the molecule is COc1cccc(SCC(=O)Nc2ccc(N)cc2C)c1. The van der Waals surface area contributed by atoms with E-state index < -0.39 is 0 Å². The number of nitrogen functional groups attached to an aromatic ring is 1. The molecule has 110 valence electrons. The van der Waals surface area contributed by atoms with Crippen LogP contribution in [0.4, 0.5) is 11.4 Å². The van der Waals surface area contributed by atoms with E-state index in [-0.39, 0.29) is 5.91 Å². The number of nitrogens with two attached hydrogens (primary N) is 1. The second-order valence-corrected chi connectivity index (χ2v) is 5.64. The number of thioether (sulfide) groups is 1. The molecule has 0 aromatic heterocycles. The summed E-state index contributed by atoms with van der Waals surface area (Å²) in [6.07, 6.45) is 0. The van der Waals surface area contributed by atoms with E-state index in [0.717, 1.165) is 21.9 Å². The molecule has 0 unspecified atom stereocenters. The van der Waals surface area contributed by atoms with Crippen molar-refractivity contribution in [3.05, 3.63) is 48.0 Å². The number of benzene rings is 2. The zero-order valence-electron chi connectivity index (χ0n) is 12.1. The van der Waals surface area contributed by atoms with Crippen LogP contribution < -0.4 is 15.8 Å². The molecule has 2 aromatic carbocycles. The van der Waals surface area contributed by atoms with E-state index in [2.05, 4.69) is 5.32 Å². The van der Waals surface area contributed by atoms with E-state index in [9.17, 15) is 4.79 Å². The molecule has 0 fully saturated rings. The summed E-state index contributed by atoms with van der Waals surface area (Å²) >= 11 is 1.47. The molecule has 0 radical (unpaired) electrons. The highest BCUT2D eigenvalue weighted by Crippen LogP contribution is 2.23. The van der Waals surface area contributed by atoms with Gasteiger partial charge < -0.3 is 15.8 Å². The van der Waals surface area contributed by atoms with Crippen LogP contribution in [0.25, 0.3) is 0 Å². The highest BCUT2D eigenvalue weighted by atomic mass is 32.2. The Bertz CT molecular complexity index is 644. The number of carbonyl (C=O) groups is 1. The fourth-order valence-corrected chi connectivity index (χ4v) is 2.60. The maximum atomic E-state index is 12.0. The summed E-state index contributed by atoms with van der Waals surface area (Å²) in [6.45, 7) is 1.92. The topological polar surface area (TPSA) is 64.3 Å². The van der Waals surface area contributed by atoms with E-state index in [1.807, 2.05) is 43.3 Å². The van der Waals surface area contributed by atoms with Gasteiger partial charge in [0.2, 0.25) is 5.91 Å². The molecule has 0 aliphatic rings. The number of rotatable bonds is 5. The highest BCUT2D eigenvalue weighted by Gasteiger charge is 2.06. The second-order valence-electron chi connectivity index (χ2n) is 4.59. The first kappa shape index (κ1) is 15.3. The van der Waals surface area contributed by atoms with Gasteiger partial charge in [0.15, 0.2) is 0 Å². The number of carbonyl (C=O) groups excluding carboxylic acids is 1. The highest BCUT2D eigenvalue weighted by molar-refractivity contribution is 8.00. The van der Waals surface area contributed by atoms with Crippen molar-refractivity contribution >= 4 is 29.0 Å². The average molecular weight is 302 g/mol. The molecule has 0 saturated carbocycles. The fourth-order valence-electron chi connectivity index (χ4n) is 1.85. The minimum Gasteiger partial charge on any atom is -0.497 e. The van der Waals surface area contributed by atoms with Crippen LogP contribution in [0.5, 0.6) is 5.75 Å². The zero-order valence-corrected chi connectivity index (χ0v) is 12.9. The van der Waals surface area contributed by atoms with E-state index >= 15 is 0 Å². The third-order valence-electron chi connectivity index (χ3n) is 2.94. The predicted molar refractivity (Wildman–Crippen MR) is 87.9 cm³/mol. The van der Waals surface area contributed by atoms with Crippen LogP contribution in [-0.4, -0.2) is 18.8 Å². The van der Waals surface area contributed by atoms with Gasteiger partial charge in [0, 0.05) is 16.3 Å². The number of methoxy groups -OCH3 is 1. The van der Waals surface area contributed by atoms with Crippen molar-refractivity contribution in [2.75, 3.05) is 23.9 Å². The van der Waals surface area contributed by atoms with Gasteiger partial charge in [0.25, 0.3) is 0 Å². The first-order chi connectivity index (χ1) is 10.1. The van der Waals surface area contributed by atoms with Crippen LogP contribution in [0.2, 0.25) is 0 Å². The molecule has 2 aromatic rings. The average Bonchev–Trinajstić information content (AvgIpc) is 2.48. The van der Waals surface area contributed by atoms with Crippen molar-refractivity contribution in [3.8, 4) is 5.75 Å². The van der Waals surface area contributed by atoms with Gasteiger partial charge in [-0.2, -0.15) is 0 Å². The van der Waals surface area contributed by atoms with Gasteiger partial charge >= 0.3 is 0 Å². The summed E-state index contributed by atoms with van der Waals surface area (Å²) < 4.78 is 5.16. The molecule has 3 N–H and O–H groups in total. The lowest BCUT2D eigenvalue weighted by atomic mass is 10.2. The molecule has 21 heavy (non-hydrogen) atoms. The van der Waals surface area contributed by atoms with Gasteiger partial charge in [-0.1, -0.05) is 6.07 Å². The smallest absolute Gasteiger partial charge is 0.234 e. The van der Waals surface area contributed by atoms with Crippen LogP contribution >= 0.6 is 11.8 Å². The van der Waals surface area contributed by atoms with Crippen LogP contribution in [0.1, 0.15) is 5.56 Å². The molecule has 0 spiro atoms. The number of ether oxygens (including phenoxy) is 1. The molecule has 0 aliphatic heterocycles. The van der Waals surface area contributed by atoms with Gasteiger partial charge in [-0.05, 0) is 48.9 Å². The molecule has 4 nitrogen and oxygen atoms in total. The molecule has 5 heteroatoms. The van der Waals surface area contributed by atoms with Crippen molar-refractivity contribution in [3.63, 3.8) is 0 Å². The predicted octanol–water partition coefficient (Wildman–Crippen LogP) is 3.32. The maximum Gasteiger partial charge on any atom is 0.234 e. The quantitative estimate of drug-likeness (QED) is 0.657. The van der Waals surface area contributed by atoms with Crippen LogP contribution in [0, 0.1) is 6.92 Å². The van der Waals surface area contributed by atoms with E-state index in [1.54, 1.807) is 13.2 Å². The Morgan fingerprint density at radius 1 is 1.29 bits per heavy atom. The summed E-state index contributed by atoms with van der Waals surface area (Å²) in [5.74, 6) is 1.09. The number of anilines is 2. The van der Waals surface area contributed by atoms with Gasteiger partial charge in [-0.25, -0.2) is 0 Å². The monoisotopic (exact) mass is 302 g/mol. The second kappa shape index (κ2) is 7.04. The molecular formula is C16H18N2O2S. The van der Waals surface area contributed by atoms with E-state index in [1.165, 1.54) is 11.8 Å². The first-order valence-corrected chi connectivity index (χ1v) is 7.50. The fraction of sp³-hybridized carbons (Fsp3) is 0.188. The van der Waals surface area contributed by atoms with Crippen molar-refractivity contribution in [1.82, 2.24) is 0 Å². The van der Waals surface area contributed by atoms with Gasteiger partial charge in [0.1, 0.15) is 5.75 Å². The molecule has 0 aliphatic carbocycles. The Kier molecular flexibility index (Phi) is 5.11. The number of amides is 1. The summed E-state index contributed by atoms with van der Waals surface area (Å²) in [5, 5.41) is 2.89. The maximum absolute atomic E-state index is 12.0. The summed E-state index contributed by atoms with van der Waals surface area (Å²) in [7, 11) is 1.63. The molecule has 1 amide bonds. The lowest BCUT2D eigenvalue weighted by Gasteiger charge is -2.09. The van der Waals surface area contributed by atoms with Crippen molar-refractivity contribution in [1.29, 1.82) is 0 Å². The van der Waals surface area contributed by atoms with Crippen LogP contribution in [0.15, 0.2) is 47.4 Å². The molecule has 0 saturated heterocycles. The van der Waals surface area contributed by atoms with Crippen LogP contribution in [0.3, 0.4) is 0 Å². The number of hydrogen-bond donors (Lipinski definition) is 2. The zero-order chi connectivity index (χ0) is 15.2. The summed E-state index contributed by atoms with van der Waals surface area (Å²) in [6, 6.07) is 13.1. The summed E-state index contributed by atoms with van der Waals surface area (Å²) in [4.78, 5) is 13.0. The van der Waals surface area contributed by atoms with Gasteiger partial charge in [-0.3, -0.25) is 4.79 Å². The third-order valence-corrected chi connectivity index (χ3v) is 3.93. The normalized spacial score (nSPS) is 10.2. The minimum absolute atomic E-state index is 0.0457. The summed E-state index contributed by atoms with van der Waals surface area (Å²) in [5.41, 5.74) is 8.13.